The molecule has 0 aromatic carbocycles. The number of hydrogen-bond acceptors (Lipinski definition) is 7. The molecule has 3 rings (SSSR count). The maximum atomic E-state index is 12.5. The van der Waals surface area contributed by atoms with E-state index in [4.69, 9.17) is 9.68 Å². The van der Waals surface area contributed by atoms with Gasteiger partial charge in [0, 0.05) is 4.88 Å². The summed E-state index contributed by atoms with van der Waals surface area (Å²) in [5.74, 6) is -1.57. The normalized spacial score (nSPS) is 15.0. The fourth-order valence-electron chi connectivity index (χ4n) is 2.10. The summed E-state index contributed by atoms with van der Waals surface area (Å²) in [4.78, 5) is 26.8. The van der Waals surface area contributed by atoms with Crippen LogP contribution in [0.2, 0.25) is 0 Å². The van der Waals surface area contributed by atoms with Crippen molar-refractivity contribution in [2.45, 2.75) is 19.1 Å². The molecule has 1 saturated heterocycles. The van der Waals surface area contributed by atoms with Crippen LogP contribution in [-0.2, 0) is 22.4 Å². The Bertz CT molecular complexity index is 742. The summed E-state index contributed by atoms with van der Waals surface area (Å²) in [6, 6.07) is 2.75. The Kier molecular flexibility index (Phi) is 4.92. The van der Waals surface area contributed by atoms with Crippen LogP contribution < -0.4 is 0 Å². The average Bonchev–Trinajstić information content (AvgIpc) is 3.32. The van der Waals surface area contributed by atoms with Crippen LogP contribution in [0.5, 0.6) is 0 Å². The summed E-state index contributed by atoms with van der Waals surface area (Å²) in [5.41, 5.74) is 0. The largest absolute Gasteiger partial charge is 0.471 e. The van der Waals surface area contributed by atoms with Crippen LogP contribution in [0.1, 0.15) is 17.2 Å². The zero-order valence-electron chi connectivity index (χ0n) is 12.9. The van der Waals surface area contributed by atoms with E-state index in [1.807, 2.05) is 0 Å². The molecule has 0 N–H and O–H groups in total. The minimum atomic E-state index is -4.69. The van der Waals surface area contributed by atoms with E-state index in [1.54, 1.807) is 12.1 Å². The molecule has 0 unspecified atom stereocenters. The van der Waals surface area contributed by atoms with Crippen LogP contribution >= 0.6 is 11.3 Å². The molecule has 2 amide bonds. The molecule has 2 aromatic heterocycles. The average molecular weight is 378 g/mol. The first-order chi connectivity index (χ1) is 11.9. The van der Waals surface area contributed by atoms with Gasteiger partial charge in [0.2, 0.25) is 5.82 Å². The molecule has 25 heavy (non-hydrogen) atoms. The summed E-state index contributed by atoms with van der Waals surface area (Å²) >= 11 is 1.13. The van der Waals surface area contributed by atoms with Gasteiger partial charge in [-0.3, -0.25) is 9.68 Å². The highest BCUT2D eigenvalue weighted by atomic mass is 32.1. The standard InChI is InChI=1S/C13H13F3N4O4S/c1-22-20(12(21)19-5-2-6-23-19)7-8-3-4-9(25-8)10-17-11(24-18-10)13(14,15)16/h3-4H,2,5-7H2,1H3. The van der Waals surface area contributed by atoms with E-state index in [9.17, 15) is 18.0 Å². The number of urea groups is 1. The van der Waals surface area contributed by atoms with E-state index in [-0.39, 0.29) is 12.4 Å². The molecule has 0 spiro atoms. The number of rotatable bonds is 4. The van der Waals surface area contributed by atoms with Crippen LogP contribution in [0, 0.1) is 0 Å². The van der Waals surface area contributed by atoms with E-state index in [2.05, 4.69) is 14.7 Å². The van der Waals surface area contributed by atoms with Gasteiger partial charge in [-0.2, -0.15) is 23.2 Å². The molecule has 0 saturated carbocycles. The van der Waals surface area contributed by atoms with Gasteiger partial charge in [-0.1, -0.05) is 5.16 Å². The van der Waals surface area contributed by atoms with Crippen molar-refractivity contribution in [3.8, 4) is 10.7 Å². The van der Waals surface area contributed by atoms with Crippen LogP contribution in [0.3, 0.4) is 0 Å². The van der Waals surface area contributed by atoms with E-state index in [0.717, 1.165) is 22.8 Å². The second-order valence-electron chi connectivity index (χ2n) is 4.98. The maximum Gasteiger partial charge on any atom is 0.471 e. The van der Waals surface area contributed by atoms with Gasteiger partial charge in [-0.15, -0.1) is 11.3 Å². The number of nitrogens with zero attached hydrogens (tertiary/aromatic N) is 4. The van der Waals surface area contributed by atoms with Crippen molar-refractivity contribution < 1.29 is 32.2 Å². The van der Waals surface area contributed by atoms with Crippen molar-refractivity contribution in [1.82, 2.24) is 20.3 Å². The zero-order chi connectivity index (χ0) is 18.0. The lowest BCUT2D eigenvalue weighted by Gasteiger charge is -2.23. The Balaban J connectivity index is 1.70. The predicted molar refractivity (Wildman–Crippen MR) is 77.8 cm³/mol. The van der Waals surface area contributed by atoms with Crippen molar-refractivity contribution in [2.75, 3.05) is 20.3 Å². The number of carbonyl (C=O) groups excluding carboxylic acids is 1. The minimum Gasteiger partial charge on any atom is -0.329 e. The second kappa shape index (κ2) is 6.98. The molecular formula is C13H13F3N4O4S. The Labute approximate surface area is 143 Å². The monoisotopic (exact) mass is 378 g/mol. The molecule has 2 aromatic rings. The van der Waals surface area contributed by atoms with E-state index in [0.29, 0.717) is 22.9 Å². The number of hydroxylamine groups is 4. The first-order valence-electron chi connectivity index (χ1n) is 7.14. The van der Waals surface area contributed by atoms with Crippen LogP contribution in [-0.4, -0.2) is 46.6 Å². The fourth-order valence-corrected chi connectivity index (χ4v) is 3.01. The van der Waals surface area contributed by atoms with Crippen LogP contribution in [0.4, 0.5) is 18.0 Å². The second-order valence-corrected chi connectivity index (χ2v) is 6.15. The Morgan fingerprint density at radius 2 is 2.28 bits per heavy atom. The highest BCUT2D eigenvalue weighted by Crippen LogP contribution is 2.32. The highest BCUT2D eigenvalue weighted by molar-refractivity contribution is 7.15. The van der Waals surface area contributed by atoms with Gasteiger partial charge in [0.1, 0.15) is 0 Å². The summed E-state index contributed by atoms with van der Waals surface area (Å²) < 4.78 is 41.7. The molecule has 1 fully saturated rings. The fraction of sp³-hybridized carbons (Fsp3) is 0.462. The molecule has 8 nitrogen and oxygen atoms in total. The number of alkyl halides is 3. The number of thiophene rings is 1. The summed E-state index contributed by atoms with van der Waals surface area (Å²) in [7, 11) is 1.34. The topological polar surface area (TPSA) is 80.9 Å². The molecule has 136 valence electrons. The lowest BCUT2D eigenvalue weighted by molar-refractivity contribution is -0.159. The number of aromatic nitrogens is 2. The van der Waals surface area contributed by atoms with Crippen LogP contribution in [0.25, 0.3) is 10.7 Å². The number of hydrogen-bond donors (Lipinski definition) is 0. The van der Waals surface area contributed by atoms with Gasteiger partial charge < -0.3 is 4.52 Å². The van der Waals surface area contributed by atoms with Gasteiger partial charge in [-0.05, 0) is 18.6 Å². The van der Waals surface area contributed by atoms with E-state index in [1.165, 1.54) is 12.2 Å². The smallest absolute Gasteiger partial charge is 0.329 e. The number of halogens is 3. The molecule has 0 atom stereocenters. The quantitative estimate of drug-likeness (QED) is 0.761. The van der Waals surface area contributed by atoms with Crippen LogP contribution in [0.15, 0.2) is 16.7 Å². The third-order valence-electron chi connectivity index (χ3n) is 3.25. The molecule has 1 aliphatic rings. The SMILES string of the molecule is CON(Cc1ccc(-c2noc(C(F)(F)F)n2)s1)C(=O)N1CCCO1. The van der Waals surface area contributed by atoms with E-state index < -0.39 is 18.1 Å². The third-order valence-corrected chi connectivity index (χ3v) is 4.32. The van der Waals surface area contributed by atoms with Crippen molar-refractivity contribution in [1.29, 1.82) is 0 Å². The molecule has 0 bridgehead atoms. The lowest BCUT2D eigenvalue weighted by atomic mass is 10.4. The first-order valence-corrected chi connectivity index (χ1v) is 7.96. The number of amides is 2. The van der Waals surface area contributed by atoms with Crippen molar-refractivity contribution in [2.24, 2.45) is 0 Å². The van der Waals surface area contributed by atoms with Gasteiger partial charge in [0.05, 0.1) is 31.7 Å². The van der Waals surface area contributed by atoms with Gasteiger partial charge in [0.15, 0.2) is 0 Å². The lowest BCUT2D eigenvalue weighted by Crippen LogP contribution is -2.39. The molecule has 1 aliphatic heterocycles. The molecule has 0 radical (unpaired) electrons. The first kappa shape index (κ1) is 17.6. The van der Waals surface area contributed by atoms with Crippen molar-refractivity contribution in [3.63, 3.8) is 0 Å². The Morgan fingerprint density at radius 3 is 2.88 bits per heavy atom. The Hall–Kier alpha value is -2.18. The summed E-state index contributed by atoms with van der Waals surface area (Å²) in [6.07, 6.45) is -3.95. The number of carbonyl (C=O) groups is 1. The highest BCUT2D eigenvalue weighted by Gasteiger charge is 2.38. The molecule has 0 aliphatic carbocycles. The molecular weight excluding hydrogens is 365 g/mol. The maximum absolute atomic E-state index is 12.5. The Morgan fingerprint density at radius 1 is 1.48 bits per heavy atom. The molecule has 3 heterocycles. The van der Waals surface area contributed by atoms with Gasteiger partial charge >= 0.3 is 18.1 Å². The van der Waals surface area contributed by atoms with Gasteiger partial charge in [-0.25, -0.2) is 9.86 Å². The van der Waals surface area contributed by atoms with E-state index >= 15 is 0 Å². The predicted octanol–water partition coefficient (Wildman–Crippen LogP) is 2.94. The van der Waals surface area contributed by atoms with Crippen molar-refractivity contribution in [3.05, 3.63) is 22.9 Å². The third kappa shape index (κ3) is 3.91. The summed E-state index contributed by atoms with van der Waals surface area (Å²) in [6.45, 7) is 1.03. The van der Waals surface area contributed by atoms with Gasteiger partial charge in [0.25, 0.3) is 0 Å². The summed E-state index contributed by atoms with van der Waals surface area (Å²) in [5, 5.41) is 5.62. The minimum absolute atomic E-state index is 0.101. The van der Waals surface area contributed by atoms with Crippen molar-refractivity contribution >= 4 is 17.4 Å². The zero-order valence-corrected chi connectivity index (χ0v) is 13.8. The molecule has 12 heteroatoms.